The van der Waals surface area contributed by atoms with Crippen molar-refractivity contribution in [1.29, 1.82) is 0 Å². The van der Waals surface area contributed by atoms with Crippen LogP contribution in [0.2, 0.25) is 0 Å². The number of nitrogens with one attached hydrogen (secondary N) is 1. The van der Waals surface area contributed by atoms with E-state index >= 15 is 0 Å². The van der Waals surface area contributed by atoms with E-state index in [2.05, 4.69) is 19.9 Å². The second-order valence-corrected chi connectivity index (χ2v) is 4.39. The van der Waals surface area contributed by atoms with E-state index in [9.17, 15) is 4.79 Å². The van der Waals surface area contributed by atoms with E-state index in [1.54, 1.807) is 6.33 Å². The molecule has 1 aliphatic rings. The SMILES string of the molecule is O=C(O)CC1CCCN1c1ncnc2nc[nH]c12. The van der Waals surface area contributed by atoms with Crippen molar-refractivity contribution in [2.24, 2.45) is 0 Å². The van der Waals surface area contributed by atoms with Crippen molar-refractivity contribution in [1.82, 2.24) is 19.9 Å². The minimum atomic E-state index is -0.776. The summed E-state index contributed by atoms with van der Waals surface area (Å²) in [6.07, 6.45) is 5.04. The van der Waals surface area contributed by atoms with Gasteiger partial charge in [0.15, 0.2) is 11.5 Å². The zero-order valence-corrected chi connectivity index (χ0v) is 9.70. The first-order valence-corrected chi connectivity index (χ1v) is 5.88. The topological polar surface area (TPSA) is 95.0 Å². The number of H-pyrrole nitrogens is 1. The van der Waals surface area contributed by atoms with Gasteiger partial charge in [0.2, 0.25) is 0 Å². The molecule has 7 nitrogen and oxygen atoms in total. The standard InChI is InChI=1S/C11H13N5O2/c17-8(18)4-7-2-1-3-16(7)11-9-10(13-5-12-9)14-6-15-11/h5-7H,1-4H2,(H,17,18)(H,12,13,14,15). The summed E-state index contributed by atoms with van der Waals surface area (Å²) in [5.74, 6) is -0.0249. The molecule has 7 heteroatoms. The molecule has 2 aromatic heterocycles. The molecule has 3 rings (SSSR count). The van der Waals surface area contributed by atoms with Gasteiger partial charge in [-0.1, -0.05) is 0 Å². The average molecular weight is 247 g/mol. The number of carbonyl (C=O) groups is 1. The van der Waals surface area contributed by atoms with Gasteiger partial charge in [-0.05, 0) is 12.8 Å². The van der Waals surface area contributed by atoms with Crippen molar-refractivity contribution in [2.75, 3.05) is 11.4 Å². The lowest BCUT2D eigenvalue weighted by atomic mass is 10.1. The number of carboxylic acids is 1. The first kappa shape index (κ1) is 10.9. The number of fused-ring (bicyclic) bond motifs is 1. The normalized spacial score (nSPS) is 19.6. The van der Waals surface area contributed by atoms with Crippen molar-refractivity contribution in [2.45, 2.75) is 25.3 Å². The molecule has 0 aliphatic carbocycles. The van der Waals surface area contributed by atoms with Crippen molar-refractivity contribution in [3.8, 4) is 0 Å². The van der Waals surface area contributed by atoms with Crippen LogP contribution in [0.3, 0.4) is 0 Å². The molecule has 0 bridgehead atoms. The number of carboxylic acid groups (broad SMARTS) is 1. The first-order valence-electron chi connectivity index (χ1n) is 5.88. The summed E-state index contributed by atoms with van der Waals surface area (Å²) in [5.41, 5.74) is 1.38. The van der Waals surface area contributed by atoms with Gasteiger partial charge in [0.25, 0.3) is 0 Å². The van der Waals surface area contributed by atoms with Crippen molar-refractivity contribution < 1.29 is 9.90 Å². The molecule has 18 heavy (non-hydrogen) atoms. The highest BCUT2D eigenvalue weighted by Crippen LogP contribution is 2.29. The Morgan fingerprint density at radius 2 is 2.39 bits per heavy atom. The maximum Gasteiger partial charge on any atom is 0.305 e. The van der Waals surface area contributed by atoms with E-state index in [0.717, 1.165) is 30.7 Å². The zero-order chi connectivity index (χ0) is 12.5. The van der Waals surface area contributed by atoms with Crippen LogP contribution in [0.15, 0.2) is 12.7 Å². The highest BCUT2D eigenvalue weighted by Gasteiger charge is 2.29. The van der Waals surface area contributed by atoms with Gasteiger partial charge >= 0.3 is 5.97 Å². The van der Waals surface area contributed by atoms with Crippen molar-refractivity contribution in [3.63, 3.8) is 0 Å². The summed E-state index contributed by atoms with van der Waals surface area (Å²) >= 11 is 0. The van der Waals surface area contributed by atoms with Crippen molar-refractivity contribution >= 4 is 23.0 Å². The number of hydrogen-bond acceptors (Lipinski definition) is 5. The molecule has 1 fully saturated rings. The van der Waals surface area contributed by atoms with E-state index < -0.39 is 5.97 Å². The van der Waals surface area contributed by atoms with Crippen molar-refractivity contribution in [3.05, 3.63) is 12.7 Å². The minimum Gasteiger partial charge on any atom is -0.481 e. The molecule has 3 heterocycles. The molecule has 0 radical (unpaired) electrons. The third-order valence-electron chi connectivity index (χ3n) is 3.26. The van der Waals surface area contributed by atoms with Gasteiger partial charge in [0, 0.05) is 12.6 Å². The van der Waals surface area contributed by atoms with Gasteiger partial charge in [0.1, 0.15) is 11.8 Å². The molecule has 1 saturated heterocycles. The monoisotopic (exact) mass is 247 g/mol. The summed E-state index contributed by atoms with van der Waals surface area (Å²) in [7, 11) is 0. The fraction of sp³-hybridized carbons (Fsp3) is 0.455. The Bertz CT molecular complexity index is 582. The molecule has 94 valence electrons. The van der Waals surface area contributed by atoms with Crippen LogP contribution in [0, 0.1) is 0 Å². The fourth-order valence-electron chi connectivity index (χ4n) is 2.50. The number of anilines is 1. The Hall–Kier alpha value is -2.18. The molecule has 0 aromatic carbocycles. The Balaban J connectivity index is 1.98. The van der Waals surface area contributed by atoms with E-state index in [4.69, 9.17) is 5.11 Å². The van der Waals surface area contributed by atoms with E-state index in [0.29, 0.717) is 5.65 Å². The molecule has 1 aliphatic heterocycles. The van der Waals surface area contributed by atoms with Crippen LogP contribution >= 0.6 is 0 Å². The van der Waals surface area contributed by atoms with Crippen LogP contribution in [-0.4, -0.2) is 43.6 Å². The van der Waals surface area contributed by atoms with Crippen LogP contribution < -0.4 is 4.90 Å². The highest BCUT2D eigenvalue weighted by atomic mass is 16.4. The minimum absolute atomic E-state index is 0.00361. The first-order chi connectivity index (χ1) is 8.75. The number of nitrogens with zero attached hydrogens (tertiary/aromatic N) is 4. The van der Waals surface area contributed by atoms with Crippen LogP contribution in [0.1, 0.15) is 19.3 Å². The van der Waals surface area contributed by atoms with Gasteiger partial charge in [-0.25, -0.2) is 15.0 Å². The average Bonchev–Trinajstić information content (AvgIpc) is 2.95. The summed E-state index contributed by atoms with van der Waals surface area (Å²) in [5, 5.41) is 8.93. The predicted molar refractivity (Wildman–Crippen MR) is 64.3 cm³/mol. The molecule has 2 N–H and O–H groups in total. The Labute approximate surface area is 103 Å². The smallest absolute Gasteiger partial charge is 0.305 e. The predicted octanol–water partition coefficient (Wildman–Crippen LogP) is 0.796. The highest BCUT2D eigenvalue weighted by molar-refractivity contribution is 5.83. The van der Waals surface area contributed by atoms with E-state index in [1.807, 2.05) is 4.90 Å². The van der Waals surface area contributed by atoms with Crippen LogP contribution in [0.4, 0.5) is 5.82 Å². The van der Waals surface area contributed by atoms with Crippen LogP contribution in [0.5, 0.6) is 0 Å². The number of rotatable bonds is 3. The van der Waals surface area contributed by atoms with Gasteiger partial charge in [0.05, 0.1) is 12.7 Å². The summed E-state index contributed by atoms with van der Waals surface area (Å²) < 4.78 is 0. The van der Waals surface area contributed by atoms with Gasteiger partial charge in [-0.2, -0.15) is 0 Å². The zero-order valence-electron chi connectivity index (χ0n) is 9.70. The third kappa shape index (κ3) is 1.77. The van der Waals surface area contributed by atoms with Gasteiger partial charge in [-0.3, -0.25) is 4.79 Å². The van der Waals surface area contributed by atoms with E-state index in [1.165, 1.54) is 6.33 Å². The molecule has 1 unspecified atom stereocenters. The molecule has 0 amide bonds. The second-order valence-electron chi connectivity index (χ2n) is 4.39. The number of aliphatic carboxylic acids is 1. The van der Waals surface area contributed by atoms with Gasteiger partial charge < -0.3 is 15.0 Å². The lowest BCUT2D eigenvalue weighted by molar-refractivity contribution is -0.137. The molecule has 2 aromatic rings. The van der Waals surface area contributed by atoms with Gasteiger partial charge in [-0.15, -0.1) is 0 Å². The Morgan fingerprint density at radius 1 is 1.50 bits per heavy atom. The fourth-order valence-corrected chi connectivity index (χ4v) is 2.50. The number of aromatic amines is 1. The lowest BCUT2D eigenvalue weighted by Crippen LogP contribution is -2.32. The molecule has 0 spiro atoms. The summed E-state index contributed by atoms with van der Waals surface area (Å²) in [6.45, 7) is 0.822. The van der Waals surface area contributed by atoms with Crippen LogP contribution in [-0.2, 0) is 4.79 Å². The largest absolute Gasteiger partial charge is 0.481 e. The molecular weight excluding hydrogens is 234 g/mol. The number of imidazole rings is 1. The summed E-state index contributed by atoms with van der Waals surface area (Å²) in [4.78, 5) is 28.3. The maximum absolute atomic E-state index is 10.9. The lowest BCUT2D eigenvalue weighted by Gasteiger charge is -2.24. The molecule has 0 saturated carbocycles. The Morgan fingerprint density at radius 3 is 3.22 bits per heavy atom. The quantitative estimate of drug-likeness (QED) is 0.832. The van der Waals surface area contributed by atoms with Crippen LogP contribution in [0.25, 0.3) is 11.2 Å². The maximum atomic E-state index is 10.9. The Kier molecular flexibility index (Phi) is 2.58. The number of hydrogen-bond donors (Lipinski definition) is 2. The second kappa shape index (κ2) is 4.25. The molecule has 1 atom stereocenters. The van der Waals surface area contributed by atoms with E-state index in [-0.39, 0.29) is 12.5 Å². The third-order valence-corrected chi connectivity index (χ3v) is 3.26. The number of aromatic nitrogens is 4. The molecular formula is C11H13N5O2. The summed E-state index contributed by atoms with van der Waals surface area (Å²) in [6, 6.07) is 0.00361.